The van der Waals surface area contributed by atoms with Crippen molar-refractivity contribution in [1.29, 1.82) is 0 Å². The molecule has 0 aromatic rings. The fourth-order valence-corrected chi connectivity index (χ4v) is 1.49. The predicted molar refractivity (Wildman–Crippen MR) is 37.5 cm³/mol. The molecule has 1 aliphatic carbocycles. The molecule has 1 nitrogen and oxygen atoms in total. The van der Waals surface area contributed by atoms with Crippen LogP contribution < -0.4 is 0 Å². The summed E-state index contributed by atoms with van der Waals surface area (Å²) in [6.45, 7) is 1.95. The van der Waals surface area contributed by atoms with Gasteiger partial charge in [0, 0.05) is 5.92 Å². The van der Waals surface area contributed by atoms with Gasteiger partial charge in [0.1, 0.15) is 0 Å². The highest BCUT2D eigenvalue weighted by Gasteiger charge is 2.29. The van der Waals surface area contributed by atoms with Gasteiger partial charge in [0.05, 0.1) is 0 Å². The molecule has 0 N–H and O–H groups in total. The second-order valence-corrected chi connectivity index (χ2v) is 2.91. The fourth-order valence-electron chi connectivity index (χ4n) is 1.49. The molecule has 0 amide bonds. The Labute approximate surface area is 60.6 Å². The molecule has 58 valence electrons. The van der Waals surface area contributed by atoms with Crippen LogP contribution >= 0.6 is 0 Å². The number of alkyl halides is 1. The first-order chi connectivity index (χ1) is 4.75. The van der Waals surface area contributed by atoms with Crippen molar-refractivity contribution < 1.29 is 9.18 Å². The maximum atomic E-state index is 12.7. The third-order valence-electron chi connectivity index (χ3n) is 2.21. The number of carbonyl (C=O) groups is 1. The molecule has 0 radical (unpaired) electrons. The van der Waals surface area contributed by atoms with E-state index in [0.29, 0.717) is 6.42 Å². The largest absolute Gasteiger partial charge is 0.296 e. The van der Waals surface area contributed by atoms with Gasteiger partial charge in [-0.15, -0.1) is 0 Å². The van der Waals surface area contributed by atoms with E-state index in [0.717, 1.165) is 19.3 Å². The topological polar surface area (TPSA) is 17.1 Å². The molecule has 1 aliphatic rings. The van der Waals surface area contributed by atoms with Crippen LogP contribution in [-0.4, -0.2) is 12.0 Å². The lowest BCUT2D eigenvalue weighted by molar-refractivity contribution is -0.130. The van der Waals surface area contributed by atoms with Crippen LogP contribution in [0.15, 0.2) is 0 Å². The van der Waals surface area contributed by atoms with Crippen molar-refractivity contribution in [2.45, 2.75) is 38.8 Å². The smallest absolute Gasteiger partial charge is 0.169 e. The number of Topliss-reactive ketones (excluding diaryl/α,β-unsaturated/α-hetero) is 1. The Morgan fingerprint density at radius 1 is 1.60 bits per heavy atom. The SMILES string of the molecule is CCC1CCCC(F)C1=O. The first-order valence-corrected chi connectivity index (χ1v) is 3.93. The van der Waals surface area contributed by atoms with Gasteiger partial charge in [0.2, 0.25) is 0 Å². The van der Waals surface area contributed by atoms with Crippen LogP contribution in [0.2, 0.25) is 0 Å². The third kappa shape index (κ3) is 1.36. The minimum atomic E-state index is -1.15. The summed E-state index contributed by atoms with van der Waals surface area (Å²) in [4.78, 5) is 11.0. The van der Waals surface area contributed by atoms with Gasteiger partial charge >= 0.3 is 0 Å². The molecule has 10 heavy (non-hydrogen) atoms. The monoisotopic (exact) mass is 144 g/mol. The molecule has 2 atom stereocenters. The van der Waals surface area contributed by atoms with Crippen LogP contribution in [0.4, 0.5) is 4.39 Å². The third-order valence-corrected chi connectivity index (χ3v) is 2.21. The Morgan fingerprint density at radius 3 is 2.80 bits per heavy atom. The standard InChI is InChI=1S/C8H13FO/c1-2-6-4-3-5-7(9)8(6)10/h6-7H,2-5H2,1H3. The summed E-state index contributed by atoms with van der Waals surface area (Å²) in [5.41, 5.74) is 0. The van der Waals surface area contributed by atoms with Gasteiger partial charge in [-0.05, 0) is 25.7 Å². The zero-order valence-electron chi connectivity index (χ0n) is 6.27. The summed E-state index contributed by atoms with van der Waals surface area (Å²) in [6.07, 6.45) is 1.88. The van der Waals surface area contributed by atoms with E-state index in [4.69, 9.17) is 0 Å². The van der Waals surface area contributed by atoms with Crippen LogP contribution in [0.25, 0.3) is 0 Å². The molecule has 0 saturated heterocycles. The molecule has 2 heteroatoms. The summed E-state index contributed by atoms with van der Waals surface area (Å²) in [6, 6.07) is 0. The summed E-state index contributed by atoms with van der Waals surface area (Å²) in [5.74, 6) is -0.141. The number of ketones is 1. The molecule has 0 bridgehead atoms. The van der Waals surface area contributed by atoms with Crippen molar-refractivity contribution in [2.75, 3.05) is 0 Å². The first kappa shape index (κ1) is 7.70. The first-order valence-electron chi connectivity index (χ1n) is 3.93. The molecule has 1 rings (SSSR count). The Balaban J connectivity index is 2.51. The van der Waals surface area contributed by atoms with E-state index >= 15 is 0 Å². The van der Waals surface area contributed by atoms with Crippen LogP contribution in [0.3, 0.4) is 0 Å². The average Bonchev–Trinajstić information content (AvgIpc) is 1.95. The van der Waals surface area contributed by atoms with Crippen molar-refractivity contribution in [3.8, 4) is 0 Å². The van der Waals surface area contributed by atoms with Gasteiger partial charge in [-0.25, -0.2) is 4.39 Å². The molecule has 0 aromatic heterocycles. The molecule has 1 fully saturated rings. The van der Waals surface area contributed by atoms with Crippen LogP contribution in [0, 0.1) is 5.92 Å². The van der Waals surface area contributed by atoms with Gasteiger partial charge in [-0.1, -0.05) is 6.92 Å². The normalized spacial score (nSPS) is 34.4. The van der Waals surface area contributed by atoms with Gasteiger partial charge in [-0.3, -0.25) is 4.79 Å². The second kappa shape index (κ2) is 3.13. The molecule has 0 heterocycles. The van der Waals surface area contributed by atoms with Crippen LogP contribution in [-0.2, 0) is 4.79 Å². The van der Waals surface area contributed by atoms with Crippen molar-refractivity contribution in [3.63, 3.8) is 0 Å². The second-order valence-electron chi connectivity index (χ2n) is 2.91. The highest BCUT2D eigenvalue weighted by atomic mass is 19.1. The number of hydrogen-bond donors (Lipinski definition) is 0. The van der Waals surface area contributed by atoms with Crippen molar-refractivity contribution in [2.24, 2.45) is 5.92 Å². The van der Waals surface area contributed by atoms with Crippen LogP contribution in [0.5, 0.6) is 0 Å². The quantitative estimate of drug-likeness (QED) is 0.550. The highest BCUT2D eigenvalue weighted by molar-refractivity contribution is 5.85. The molecule has 0 aromatic carbocycles. The van der Waals surface area contributed by atoms with E-state index in [1.165, 1.54) is 0 Å². The van der Waals surface area contributed by atoms with E-state index in [9.17, 15) is 9.18 Å². The zero-order valence-corrected chi connectivity index (χ0v) is 6.27. The van der Waals surface area contributed by atoms with E-state index in [1.807, 2.05) is 6.92 Å². The van der Waals surface area contributed by atoms with Gasteiger partial charge in [0.25, 0.3) is 0 Å². The lowest BCUT2D eigenvalue weighted by Gasteiger charge is -2.21. The number of carbonyl (C=O) groups excluding carboxylic acids is 1. The Kier molecular flexibility index (Phi) is 2.41. The number of rotatable bonds is 1. The minimum Gasteiger partial charge on any atom is -0.296 e. The van der Waals surface area contributed by atoms with Gasteiger partial charge in [0.15, 0.2) is 12.0 Å². The van der Waals surface area contributed by atoms with Crippen molar-refractivity contribution in [1.82, 2.24) is 0 Å². The lowest BCUT2D eigenvalue weighted by Crippen LogP contribution is -2.28. The molecular formula is C8H13FO. The Hall–Kier alpha value is -0.400. The summed E-state index contributed by atoms with van der Waals surface area (Å²) < 4.78 is 12.7. The molecule has 0 spiro atoms. The van der Waals surface area contributed by atoms with E-state index in [1.54, 1.807) is 0 Å². The molecular weight excluding hydrogens is 131 g/mol. The fraction of sp³-hybridized carbons (Fsp3) is 0.875. The Bertz CT molecular complexity index is 133. The maximum absolute atomic E-state index is 12.7. The molecule has 2 unspecified atom stereocenters. The lowest BCUT2D eigenvalue weighted by atomic mass is 9.85. The van der Waals surface area contributed by atoms with E-state index in [-0.39, 0.29) is 11.7 Å². The van der Waals surface area contributed by atoms with Crippen molar-refractivity contribution >= 4 is 5.78 Å². The van der Waals surface area contributed by atoms with Gasteiger partial charge in [-0.2, -0.15) is 0 Å². The summed E-state index contributed by atoms with van der Waals surface area (Å²) in [7, 11) is 0. The minimum absolute atomic E-state index is 0.0174. The van der Waals surface area contributed by atoms with Gasteiger partial charge < -0.3 is 0 Å². The number of halogens is 1. The molecule has 0 aliphatic heterocycles. The van der Waals surface area contributed by atoms with E-state index < -0.39 is 6.17 Å². The van der Waals surface area contributed by atoms with Crippen molar-refractivity contribution in [3.05, 3.63) is 0 Å². The predicted octanol–water partition coefficient (Wildman–Crippen LogP) is 2.10. The zero-order chi connectivity index (χ0) is 7.56. The Morgan fingerprint density at radius 2 is 2.30 bits per heavy atom. The maximum Gasteiger partial charge on any atom is 0.169 e. The summed E-state index contributed by atoms with van der Waals surface area (Å²) in [5, 5.41) is 0. The molecule has 1 saturated carbocycles. The summed E-state index contributed by atoms with van der Waals surface area (Å²) >= 11 is 0. The van der Waals surface area contributed by atoms with Crippen LogP contribution in [0.1, 0.15) is 32.6 Å². The van der Waals surface area contributed by atoms with E-state index in [2.05, 4.69) is 0 Å². The highest BCUT2D eigenvalue weighted by Crippen LogP contribution is 2.24. The average molecular weight is 144 g/mol. The number of hydrogen-bond acceptors (Lipinski definition) is 1.